The molecular formula is C23H28N2O7S. The first kappa shape index (κ1) is 24.5. The van der Waals surface area contributed by atoms with Crippen LogP contribution in [0.2, 0.25) is 0 Å². The molecule has 1 aliphatic heterocycles. The van der Waals surface area contributed by atoms with Gasteiger partial charge in [-0.15, -0.1) is 0 Å². The fourth-order valence-electron chi connectivity index (χ4n) is 3.25. The quantitative estimate of drug-likeness (QED) is 0.502. The Morgan fingerprint density at radius 3 is 2.52 bits per heavy atom. The Morgan fingerprint density at radius 1 is 1.06 bits per heavy atom. The van der Waals surface area contributed by atoms with Gasteiger partial charge >= 0.3 is 5.97 Å². The van der Waals surface area contributed by atoms with Gasteiger partial charge < -0.3 is 19.5 Å². The first-order chi connectivity index (χ1) is 15.9. The summed E-state index contributed by atoms with van der Waals surface area (Å²) in [5, 5.41) is 2.64. The minimum Gasteiger partial charge on any atom is -0.490 e. The van der Waals surface area contributed by atoms with E-state index in [0.717, 1.165) is 5.56 Å². The Hall–Kier alpha value is -3.11. The number of nitrogens with one attached hydrogen (secondary N) is 2. The van der Waals surface area contributed by atoms with E-state index in [2.05, 4.69) is 10.0 Å². The minimum atomic E-state index is -3.86. The standard InChI is InChI=1S/C23H28N2O7S/c1-2-30-23(27)19(15-17-7-4-3-5-8-17)25-22(26)11-12-24-33(28,29)18-9-10-20-21(16-18)32-14-6-13-31-20/h3-5,7-10,16,19,24H,2,6,11-15H2,1H3,(H,25,26). The molecular weight excluding hydrogens is 448 g/mol. The van der Waals surface area contributed by atoms with Crippen LogP contribution in [0.5, 0.6) is 11.5 Å². The van der Waals surface area contributed by atoms with E-state index in [1.54, 1.807) is 13.0 Å². The van der Waals surface area contributed by atoms with E-state index in [4.69, 9.17) is 14.2 Å². The summed E-state index contributed by atoms with van der Waals surface area (Å²) in [5.41, 5.74) is 0.867. The van der Waals surface area contributed by atoms with E-state index in [-0.39, 0.29) is 30.9 Å². The van der Waals surface area contributed by atoms with Crippen LogP contribution in [0, 0.1) is 0 Å². The number of rotatable bonds is 10. The lowest BCUT2D eigenvalue weighted by Crippen LogP contribution is -2.44. The number of sulfonamides is 1. The number of esters is 1. The second kappa shape index (κ2) is 11.7. The van der Waals surface area contributed by atoms with Gasteiger partial charge in [0.2, 0.25) is 15.9 Å². The summed E-state index contributed by atoms with van der Waals surface area (Å²) in [6, 6.07) is 12.8. The lowest BCUT2D eigenvalue weighted by atomic mass is 10.1. The van der Waals surface area contributed by atoms with Gasteiger partial charge in [-0.25, -0.2) is 17.9 Å². The molecule has 1 amide bonds. The molecule has 0 aromatic heterocycles. The third-order valence-electron chi connectivity index (χ3n) is 4.86. The molecule has 0 spiro atoms. The molecule has 178 valence electrons. The van der Waals surface area contributed by atoms with Gasteiger partial charge in [-0.2, -0.15) is 0 Å². The van der Waals surface area contributed by atoms with Gasteiger partial charge in [-0.3, -0.25) is 4.79 Å². The molecule has 33 heavy (non-hydrogen) atoms. The summed E-state index contributed by atoms with van der Waals surface area (Å²) in [5.74, 6) is -0.145. The number of carbonyl (C=O) groups excluding carboxylic acids is 2. The Labute approximate surface area is 193 Å². The molecule has 9 nitrogen and oxygen atoms in total. The summed E-state index contributed by atoms with van der Waals surface area (Å²) in [7, 11) is -3.86. The average Bonchev–Trinajstić information content (AvgIpc) is 3.04. The van der Waals surface area contributed by atoms with Crippen molar-refractivity contribution in [1.82, 2.24) is 10.0 Å². The van der Waals surface area contributed by atoms with Crippen molar-refractivity contribution in [3.8, 4) is 11.5 Å². The van der Waals surface area contributed by atoms with Gasteiger partial charge in [0.05, 0.1) is 24.7 Å². The van der Waals surface area contributed by atoms with Crippen molar-refractivity contribution in [3.63, 3.8) is 0 Å². The zero-order valence-corrected chi connectivity index (χ0v) is 19.2. The first-order valence-electron chi connectivity index (χ1n) is 10.8. The van der Waals surface area contributed by atoms with Crippen LogP contribution >= 0.6 is 0 Å². The maximum Gasteiger partial charge on any atom is 0.328 e. The van der Waals surface area contributed by atoms with Gasteiger partial charge in [0.15, 0.2) is 11.5 Å². The predicted molar refractivity (Wildman–Crippen MR) is 121 cm³/mol. The number of hydrogen-bond acceptors (Lipinski definition) is 7. The fraction of sp³-hybridized carbons (Fsp3) is 0.391. The summed E-state index contributed by atoms with van der Waals surface area (Å²) in [4.78, 5) is 24.7. The van der Waals surface area contributed by atoms with Crippen molar-refractivity contribution in [2.24, 2.45) is 0 Å². The fourth-order valence-corrected chi connectivity index (χ4v) is 4.29. The monoisotopic (exact) mass is 476 g/mol. The van der Waals surface area contributed by atoms with E-state index in [1.807, 2.05) is 30.3 Å². The normalized spacial score (nSPS) is 14.1. The predicted octanol–water partition coefficient (Wildman–Crippen LogP) is 1.81. The summed E-state index contributed by atoms with van der Waals surface area (Å²) >= 11 is 0. The van der Waals surface area contributed by atoms with E-state index >= 15 is 0 Å². The molecule has 1 heterocycles. The zero-order chi connectivity index (χ0) is 23.7. The van der Waals surface area contributed by atoms with E-state index < -0.39 is 27.9 Å². The lowest BCUT2D eigenvalue weighted by Gasteiger charge is -2.17. The van der Waals surface area contributed by atoms with Gasteiger partial charge in [0, 0.05) is 31.9 Å². The Kier molecular flexibility index (Phi) is 8.67. The van der Waals surface area contributed by atoms with E-state index in [0.29, 0.717) is 31.1 Å². The molecule has 3 rings (SSSR count). The Morgan fingerprint density at radius 2 is 1.79 bits per heavy atom. The maximum atomic E-state index is 12.6. The molecule has 0 aliphatic carbocycles. The zero-order valence-electron chi connectivity index (χ0n) is 18.4. The molecule has 1 atom stereocenters. The highest BCUT2D eigenvalue weighted by molar-refractivity contribution is 7.89. The van der Waals surface area contributed by atoms with Crippen LogP contribution in [0.1, 0.15) is 25.3 Å². The molecule has 2 aromatic rings. The van der Waals surface area contributed by atoms with Crippen LogP contribution in [0.3, 0.4) is 0 Å². The number of fused-ring (bicyclic) bond motifs is 1. The maximum absolute atomic E-state index is 12.6. The lowest BCUT2D eigenvalue weighted by molar-refractivity contribution is -0.147. The molecule has 0 fully saturated rings. The third-order valence-corrected chi connectivity index (χ3v) is 6.32. The molecule has 10 heteroatoms. The van der Waals surface area contributed by atoms with Crippen molar-refractivity contribution >= 4 is 21.9 Å². The number of benzene rings is 2. The van der Waals surface area contributed by atoms with Crippen LogP contribution < -0.4 is 19.5 Å². The summed E-state index contributed by atoms with van der Waals surface area (Å²) in [6.45, 7) is 2.69. The van der Waals surface area contributed by atoms with Gasteiger partial charge in [-0.05, 0) is 24.6 Å². The van der Waals surface area contributed by atoms with Crippen LogP contribution in [0.15, 0.2) is 53.4 Å². The molecule has 2 aromatic carbocycles. The van der Waals surface area contributed by atoms with Gasteiger partial charge in [0.1, 0.15) is 6.04 Å². The molecule has 0 bridgehead atoms. The largest absolute Gasteiger partial charge is 0.490 e. The molecule has 1 unspecified atom stereocenters. The number of hydrogen-bond donors (Lipinski definition) is 2. The minimum absolute atomic E-state index is 0.0145. The van der Waals surface area contributed by atoms with Crippen LogP contribution in [-0.4, -0.2) is 52.7 Å². The topological polar surface area (TPSA) is 120 Å². The smallest absolute Gasteiger partial charge is 0.328 e. The number of ether oxygens (including phenoxy) is 3. The molecule has 1 aliphatic rings. The van der Waals surface area contributed by atoms with Crippen LogP contribution in [0.25, 0.3) is 0 Å². The number of amides is 1. The Balaban J connectivity index is 1.56. The summed E-state index contributed by atoms with van der Waals surface area (Å²) < 4.78 is 43.8. The van der Waals surface area contributed by atoms with E-state index in [1.165, 1.54) is 12.1 Å². The molecule has 0 saturated carbocycles. The molecule has 2 N–H and O–H groups in total. The van der Waals surface area contributed by atoms with Crippen molar-refractivity contribution in [1.29, 1.82) is 0 Å². The van der Waals surface area contributed by atoms with Crippen molar-refractivity contribution in [3.05, 3.63) is 54.1 Å². The van der Waals surface area contributed by atoms with Gasteiger partial charge in [0.25, 0.3) is 0 Å². The van der Waals surface area contributed by atoms with Gasteiger partial charge in [-0.1, -0.05) is 30.3 Å². The SMILES string of the molecule is CCOC(=O)C(Cc1ccccc1)NC(=O)CCNS(=O)(=O)c1ccc2c(c1)OCCCO2. The second-order valence-electron chi connectivity index (χ2n) is 7.37. The van der Waals surface area contributed by atoms with Crippen molar-refractivity contribution < 1.29 is 32.2 Å². The van der Waals surface area contributed by atoms with E-state index in [9.17, 15) is 18.0 Å². The molecule has 0 saturated heterocycles. The van der Waals surface area contributed by atoms with Crippen molar-refractivity contribution in [2.45, 2.75) is 37.1 Å². The second-order valence-corrected chi connectivity index (χ2v) is 9.14. The van der Waals surface area contributed by atoms with Crippen molar-refractivity contribution in [2.75, 3.05) is 26.4 Å². The highest BCUT2D eigenvalue weighted by Gasteiger charge is 2.23. The summed E-state index contributed by atoms with van der Waals surface area (Å²) in [6.07, 6.45) is 0.837. The van der Waals surface area contributed by atoms with Crippen LogP contribution in [-0.2, 0) is 30.8 Å². The molecule has 0 radical (unpaired) electrons. The highest BCUT2D eigenvalue weighted by Crippen LogP contribution is 2.31. The first-order valence-corrected chi connectivity index (χ1v) is 12.3. The number of carbonyl (C=O) groups is 2. The highest BCUT2D eigenvalue weighted by atomic mass is 32.2. The Bertz CT molecular complexity index is 1060. The average molecular weight is 477 g/mol. The third kappa shape index (κ3) is 7.19. The van der Waals surface area contributed by atoms with Crippen LogP contribution in [0.4, 0.5) is 0 Å².